The van der Waals surface area contributed by atoms with Crippen molar-refractivity contribution in [3.63, 3.8) is 0 Å². The lowest BCUT2D eigenvalue weighted by Gasteiger charge is -2.31. The van der Waals surface area contributed by atoms with Crippen LogP contribution in [0.3, 0.4) is 0 Å². The highest BCUT2D eigenvalue weighted by molar-refractivity contribution is 9.10. The fraction of sp³-hybridized carbons (Fsp3) is 0.316. The van der Waals surface area contributed by atoms with Gasteiger partial charge in [0.15, 0.2) is 0 Å². The van der Waals surface area contributed by atoms with Crippen LogP contribution in [0.25, 0.3) is 0 Å². The molecular weight excluding hydrogens is 354 g/mol. The van der Waals surface area contributed by atoms with E-state index in [1.165, 1.54) is 5.56 Å². The molecule has 4 heteroatoms. The van der Waals surface area contributed by atoms with Gasteiger partial charge in [0, 0.05) is 24.1 Å². The van der Waals surface area contributed by atoms with Gasteiger partial charge in [-0.15, -0.1) is 0 Å². The molecule has 0 aromatic heterocycles. The molecule has 0 radical (unpaired) electrons. The molecule has 1 heterocycles. The third-order valence-electron chi connectivity index (χ3n) is 4.12. The number of piperidine rings is 1. The van der Waals surface area contributed by atoms with Gasteiger partial charge in [0.25, 0.3) is 0 Å². The van der Waals surface area contributed by atoms with Gasteiger partial charge >= 0.3 is 5.97 Å². The van der Waals surface area contributed by atoms with Crippen molar-refractivity contribution in [2.24, 2.45) is 0 Å². The Kier molecular flexibility index (Phi) is 5.47. The summed E-state index contributed by atoms with van der Waals surface area (Å²) in [7, 11) is 0. The van der Waals surface area contributed by atoms with Crippen LogP contribution in [0, 0.1) is 0 Å². The van der Waals surface area contributed by atoms with E-state index < -0.39 is 0 Å². The Morgan fingerprint density at radius 2 is 1.83 bits per heavy atom. The van der Waals surface area contributed by atoms with Crippen molar-refractivity contribution >= 4 is 21.9 Å². The zero-order valence-electron chi connectivity index (χ0n) is 13.0. The molecule has 2 aromatic rings. The molecule has 2 aromatic carbocycles. The number of carbonyl (C=O) groups is 1. The van der Waals surface area contributed by atoms with E-state index in [-0.39, 0.29) is 12.1 Å². The normalized spacial score (nSPS) is 16.2. The number of nitrogens with zero attached hydrogens (tertiary/aromatic N) is 1. The average molecular weight is 374 g/mol. The van der Waals surface area contributed by atoms with Gasteiger partial charge < -0.3 is 4.74 Å². The lowest BCUT2D eigenvalue weighted by atomic mass is 10.1. The minimum Gasteiger partial charge on any atom is -0.459 e. The van der Waals surface area contributed by atoms with Gasteiger partial charge in [-0.05, 0) is 36.6 Å². The van der Waals surface area contributed by atoms with E-state index in [0.29, 0.717) is 5.56 Å². The highest BCUT2D eigenvalue weighted by Crippen LogP contribution is 2.19. The summed E-state index contributed by atoms with van der Waals surface area (Å²) in [5, 5.41) is 0. The molecule has 1 aliphatic rings. The molecule has 3 rings (SSSR count). The minimum absolute atomic E-state index is 0.0218. The Morgan fingerprint density at radius 3 is 2.52 bits per heavy atom. The quantitative estimate of drug-likeness (QED) is 0.749. The highest BCUT2D eigenvalue weighted by atomic mass is 79.9. The molecule has 120 valence electrons. The standard InChI is InChI=1S/C19H20BrNO2/c20-17-8-4-7-16(13-17)19(22)23-18-9-11-21(12-10-18)14-15-5-2-1-3-6-15/h1-8,13,18H,9-12,14H2. The van der Waals surface area contributed by atoms with Gasteiger partial charge in [-0.3, -0.25) is 4.90 Å². The zero-order chi connectivity index (χ0) is 16.1. The number of halogens is 1. The van der Waals surface area contributed by atoms with E-state index in [1.54, 1.807) is 12.1 Å². The summed E-state index contributed by atoms with van der Waals surface area (Å²) < 4.78 is 6.54. The molecular formula is C19H20BrNO2. The Labute approximate surface area is 145 Å². The van der Waals surface area contributed by atoms with Crippen molar-refractivity contribution < 1.29 is 9.53 Å². The van der Waals surface area contributed by atoms with E-state index in [0.717, 1.165) is 36.9 Å². The van der Waals surface area contributed by atoms with Gasteiger partial charge in [-0.2, -0.15) is 0 Å². The molecule has 3 nitrogen and oxygen atoms in total. The number of hydrogen-bond acceptors (Lipinski definition) is 3. The first kappa shape index (κ1) is 16.2. The minimum atomic E-state index is -0.229. The van der Waals surface area contributed by atoms with Crippen LogP contribution in [0.1, 0.15) is 28.8 Å². The summed E-state index contributed by atoms with van der Waals surface area (Å²) >= 11 is 3.38. The molecule has 1 saturated heterocycles. The third-order valence-corrected chi connectivity index (χ3v) is 4.61. The van der Waals surface area contributed by atoms with Crippen LogP contribution < -0.4 is 0 Å². The van der Waals surface area contributed by atoms with E-state index >= 15 is 0 Å². The smallest absolute Gasteiger partial charge is 0.338 e. The molecule has 0 aliphatic carbocycles. The fourth-order valence-corrected chi connectivity index (χ4v) is 3.26. The second kappa shape index (κ2) is 7.75. The SMILES string of the molecule is O=C(OC1CCN(Cc2ccccc2)CC1)c1cccc(Br)c1. The van der Waals surface area contributed by atoms with Gasteiger partial charge in [0.05, 0.1) is 5.56 Å². The summed E-state index contributed by atoms with van der Waals surface area (Å²) in [6.07, 6.45) is 1.81. The van der Waals surface area contributed by atoms with Gasteiger partial charge in [-0.1, -0.05) is 52.3 Å². The molecule has 0 N–H and O–H groups in total. The zero-order valence-corrected chi connectivity index (χ0v) is 14.5. The number of rotatable bonds is 4. The molecule has 0 saturated carbocycles. The molecule has 0 atom stereocenters. The van der Waals surface area contributed by atoms with Crippen LogP contribution in [0.4, 0.5) is 0 Å². The van der Waals surface area contributed by atoms with Gasteiger partial charge in [-0.25, -0.2) is 4.79 Å². The van der Waals surface area contributed by atoms with Crippen LogP contribution in [0.5, 0.6) is 0 Å². The molecule has 1 aliphatic heterocycles. The summed E-state index contributed by atoms with van der Waals surface area (Å²) in [6.45, 7) is 2.89. The van der Waals surface area contributed by atoms with Crippen LogP contribution >= 0.6 is 15.9 Å². The van der Waals surface area contributed by atoms with Crippen molar-refractivity contribution in [2.45, 2.75) is 25.5 Å². The van der Waals surface area contributed by atoms with E-state index in [1.807, 2.05) is 18.2 Å². The fourth-order valence-electron chi connectivity index (χ4n) is 2.86. The van der Waals surface area contributed by atoms with E-state index in [2.05, 4.69) is 45.1 Å². The maximum Gasteiger partial charge on any atom is 0.338 e. The van der Waals surface area contributed by atoms with Crippen molar-refractivity contribution in [1.29, 1.82) is 0 Å². The maximum absolute atomic E-state index is 12.2. The summed E-state index contributed by atoms with van der Waals surface area (Å²) in [4.78, 5) is 14.6. The lowest BCUT2D eigenvalue weighted by molar-refractivity contribution is 0.0104. The second-order valence-electron chi connectivity index (χ2n) is 5.88. The number of carbonyl (C=O) groups excluding carboxylic acids is 1. The number of esters is 1. The van der Waals surface area contributed by atoms with Crippen molar-refractivity contribution in [3.05, 3.63) is 70.2 Å². The molecule has 0 spiro atoms. The van der Waals surface area contributed by atoms with Crippen LogP contribution in [-0.4, -0.2) is 30.1 Å². The summed E-state index contributed by atoms with van der Waals surface area (Å²) in [5.41, 5.74) is 1.93. The monoisotopic (exact) mass is 373 g/mol. The Balaban J connectivity index is 1.48. The maximum atomic E-state index is 12.2. The Hall–Kier alpha value is -1.65. The topological polar surface area (TPSA) is 29.5 Å². The first-order chi connectivity index (χ1) is 11.2. The first-order valence-corrected chi connectivity index (χ1v) is 8.73. The lowest BCUT2D eigenvalue weighted by Crippen LogP contribution is -2.37. The van der Waals surface area contributed by atoms with Crippen molar-refractivity contribution in [1.82, 2.24) is 4.90 Å². The van der Waals surface area contributed by atoms with Crippen molar-refractivity contribution in [3.8, 4) is 0 Å². The Morgan fingerprint density at radius 1 is 1.09 bits per heavy atom. The third kappa shape index (κ3) is 4.66. The highest BCUT2D eigenvalue weighted by Gasteiger charge is 2.22. The van der Waals surface area contributed by atoms with E-state index in [9.17, 15) is 4.79 Å². The number of hydrogen-bond donors (Lipinski definition) is 0. The second-order valence-corrected chi connectivity index (χ2v) is 6.79. The summed E-state index contributed by atoms with van der Waals surface area (Å²) in [5.74, 6) is -0.229. The predicted molar refractivity (Wildman–Crippen MR) is 94.3 cm³/mol. The van der Waals surface area contributed by atoms with Crippen molar-refractivity contribution in [2.75, 3.05) is 13.1 Å². The molecule has 0 bridgehead atoms. The van der Waals surface area contributed by atoms with Crippen LogP contribution in [0.15, 0.2) is 59.1 Å². The van der Waals surface area contributed by atoms with Gasteiger partial charge in [0.2, 0.25) is 0 Å². The number of likely N-dealkylation sites (tertiary alicyclic amines) is 1. The number of ether oxygens (including phenoxy) is 1. The van der Waals surface area contributed by atoms with Gasteiger partial charge in [0.1, 0.15) is 6.10 Å². The summed E-state index contributed by atoms with van der Waals surface area (Å²) in [6, 6.07) is 17.8. The molecule has 23 heavy (non-hydrogen) atoms. The number of benzene rings is 2. The molecule has 0 amide bonds. The van der Waals surface area contributed by atoms with Crippen LogP contribution in [-0.2, 0) is 11.3 Å². The van der Waals surface area contributed by atoms with Crippen LogP contribution in [0.2, 0.25) is 0 Å². The average Bonchev–Trinajstić information content (AvgIpc) is 2.57. The largest absolute Gasteiger partial charge is 0.459 e. The molecule has 1 fully saturated rings. The first-order valence-electron chi connectivity index (χ1n) is 7.93. The Bertz CT molecular complexity index is 651. The predicted octanol–water partition coefficient (Wildman–Crippen LogP) is 4.27. The molecule has 0 unspecified atom stereocenters. The van der Waals surface area contributed by atoms with E-state index in [4.69, 9.17) is 4.74 Å².